The van der Waals surface area contributed by atoms with Gasteiger partial charge >= 0.3 is 0 Å². The van der Waals surface area contributed by atoms with Crippen LogP contribution < -0.4 is 10.6 Å². The van der Waals surface area contributed by atoms with Crippen molar-refractivity contribution < 1.29 is 0 Å². The quantitative estimate of drug-likeness (QED) is 0.682. The third-order valence-electron chi connectivity index (χ3n) is 2.62. The van der Waals surface area contributed by atoms with Gasteiger partial charge in [0.15, 0.2) is 5.16 Å². The molecule has 0 spiro atoms. The summed E-state index contributed by atoms with van der Waals surface area (Å²) in [5.74, 6) is 1.16. The molecule has 96 valence electrons. The van der Waals surface area contributed by atoms with Crippen LogP contribution in [0.5, 0.6) is 0 Å². The van der Waals surface area contributed by atoms with E-state index in [1.165, 1.54) is 11.8 Å². The van der Waals surface area contributed by atoms with Gasteiger partial charge in [0, 0.05) is 18.8 Å². The first-order valence-corrected chi connectivity index (χ1v) is 6.79. The summed E-state index contributed by atoms with van der Waals surface area (Å²) >= 11 is 1.44. The van der Waals surface area contributed by atoms with Crippen LogP contribution in [0.2, 0.25) is 0 Å². The van der Waals surface area contributed by atoms with E-state index < -0.39 is 0 Å². The van der Waals surface area contributed by atoms with Crippen molar-refractivity contribution in [1.29, 1.82) is 5.26 Å². The number of hydrogen-bond acceptors (Lipinski definition) is 6. The van der Waals surface area contributed by atoms with Gasteiger partial charge < -0.3 is 10.6 Å². The Hall–Kier alpha value is -2.26. The summed E-state index contributed by atoms with van der Waals surface area (Å²) in [5.41, 5.74) is 7.33. The van der Waals surface area contributed by atoms with E-state index in [9.17, 15) is 0 Å². The van der Waals surface area contributed by atoms with E-state index in [0.29, 0.717) is 16.5 Å². The zero-order valence-corrected chi connectivity index (χ0v) is 11.5. The second-order valence-corrected chi connectivity index (χ2v) is 4.63. The van der Waals surface area contributed by atoms with E-state index in [2.05, 4.69) is 16.0 Å². The number of hydrogen-bond donors (Lipinski definition) is 1. The zero-order valence-electron chi connectivity index (χ0n) is 10.7. The van der Waals surface area contributed by atoms with Crippen molar-refractivity contribution in [2.24, 2.45) is 0 Å². The molecule has 0 aliphatic carbocycles. The molecular formula is C13H13N5S. The first kappa shape index (κ1) is 13.2. The molecule has 0 bridgehead atoms. The van der Waals surface area contributed by atoms with Gasteiger partial charge in [-0.2, -0.15) is 5.26 Å². The van der Waals surface area contributed by atoms with E-state index >= 15 is 0 Å². The molecule has 2 rings (SSSR count). The Morgan fingerprint density at radius 1 is 1.26 bits per heavy atom. The lowest BCUT2D eigenvalue weighted by Crippen LogP contribution is -2.12. The molecule has 6 heteroatoms. The van der Waals surface area contributed by atoms with Gasteiger partial charge in [0.1, 0.15) is 11.6 Å². The van der Waals surface area contributed by atoms with Crippen LogP contribution in [0.3, 0.4) is 0 Å². The molecule has 2 N–H and O–H groups in total. The number of aromatic nitrogens is 2. The minimum absolute atomic E-state index is 0.440. The number of nitrogen functional groups attached to an aromatic ring is 1. The topological polar surface area (TPSA) is 78.8 Å². The molecule has 0 unspecified atom stereocenters. The second kappa shape index (κ2) is 5.59. The Morgan fingerprint density at radius 3 is 2.53 bits per heavy atom. The van der Waals surface area contributed by atoms with Gasteiger partial charge in [-0.05, 0) is 30.5 Å². The lowest BCUT2D eigenvalue weighted by atomic mass is 10.2. The van der Waals surface area contributed by atoms with E-state index in [0.717, 1.165) is 11.5 Å². The fraction of sp³-hybridized carbons (Fsp3) is 0.154. The molecule has 1 aromatic carbocycles. The molecule has 0 saturated carbocycles. The van der Waals surface area contributed by atoms with Crippen LogP contribution in [-0.4, -0.2) is 23.3 Å². The molecule has 0 saturated heterocycles. The first-order chi connectivity index (χ1) is 9.13. The lowest BCUT2D eigenvalue weighted by Gasteiger charge is -2.19. The van der Waals surface area contributed by atoms with Gasteiger partial charge in [0.2, 0.25) is 0 Å². The van der Waals surface area contributed by atoms with Gasteiger partial charge in [-0.1, -0.05) is 11.8 Å². The molecule has 5 nitrogen and oxygen atoms in total. The maximum Gasteiger partial charge on any atom is 0.191 e. The fourth-order valence-electron chi connectivity index (χ4n) is 1.59. The number of rotatable bonds is 3. The highest BCUT2D eigenvalue weighted by atomic mass is 32.2. The van der Waals surface area contributed by atoms with E-state index in [-0.39, 0.29) is 0 Å². The van der Waals surface area contributed by atoms with Crippen LogP contribution in [0.1, 0.15) is 5.56 Å². The van der Waals surface area contributed by atoms with Crippen LogP contribution in [0, 0.1) is 11.3 Å². The van der Waals surface area contributed by atoms with E-state index in [4.69, 9.17) is 11.0 Å². The highest BCUT2D eigenvalue weighted by Crippen LogP contribution is 2.24. The number of nitriles is 1. The highest BCUT2D eigenvalue weighted by Gasteiger charge is 2.08. The average molecular weight is 271 g/mol. The minimum Gasteiger partial charge on any atom is -0.383 e. The van der Waals surface area contributed by atoms with E-state index in [1.807, 2.05) is 30.3 Å². The van der Waals surface area contributed by atoms with Gasteiger partial charge in [0.05, 0.1) is 11.6 Å². The summed E-state index contributed by atoms with van der Waals surface area (Å²) in [7, 11) is 1.90. The highest BCUT2D eigenvalue weighted by molar-refractivity contribution is 7.98. The van der Waals surface area contributed by atoms with Crippen molar-refractivity contribution in [2.45, 2.75) is 5.16 Å². The Labute approximate surface area is 116 Å². The molecule has 0 amide bonds. The number of thioether (sulfide) groups is 1. The summed E-state index contributed by atoms with van der Waals surface area (Å²) in [6.45, 7) is 0. The third kappa shape index (κ3) is 2.95. The summed E-state index contributed by atoms with van der Waals surface area (Å²) < 4.78 is 0. The Morgan fingerprint density at radius 2 is 1.95 bits per heavy atom. The molecular weight excluding hydrogens is 258 g/mol. The predicted molar refractivity (Wildman–Crippen MR) is 77.4 cm³/mol. The minimum atomic E-state index is 0.440. The largest absolute Gasteiger partial charge is 0.383 e. The summed E-state index contributed by atoms with van der Waals surface area (Å²) in [5, 5.41) is 9.42. The lowest BCUT2D eigenvalue weighted by molar-refractivity contribution is 0.953. The van der Waals surface area contributed by atoms with Crippen LogP contribution in [0.25, 0.3) is 0 Å². The summed E-state index contributed by atoms with van der Waals surface area (Å²) in [6.07, 6.45) is 1.90. The third-order valence-corrected chi connectivity index (χ3v) is 3.17. The Bertz CT molecular complexity index is 618. The van der Waals surface area contributed by atoms with Crippen molar-refractivity contribution in [3.8, 4) is 6.07 Å². The molecule has 1 aromatic heterocycles. The van der Waals surface area contributed by atoms with Crippen molar-refractivity contribution in [3.05, 3.63) is 35.9 Å². The molecule has 2 aromatic rings. The van der Waals surface area contributed by atoms with Crippen LogP contribution >= 0.6 is 11.8 Å². The maximum absolute atomic E-state index is 8.79. The Kier molecular flexibility index (Phi) is 3.88. The molecule has 0 fully saturated rings. The Balaban J connectivity index is 2.35. The standard InChI is InChI=1S/C13H13N5S/c1-18(10-5-3-9(8-14)4-6-10)12-7-11(15)16-13(17-12)19-2/h3-7H,1-2H3,(H2,15,16,17). The van der Waals surface area contributed by atoms with Crippen molar-refractivity contribution in [3.63, 3.8) is 0 Å². The zero-order chi connectivity index (χ0) is 13.8. The molecule has 0 radical (unpaired) electrons. The van der Waals surface area contributed by atoms with Crippen LogP contribution in [-0.2, 0) is 0 Å². The van der Waals surface area contributed by atoms with E-state index in [1.54, 1.807) is 18.2 Å². The first-order valence-electron chi connectivity index (χ1n) is 5.56. The fourth-order valence-corrected chi connectivity index (χ4v) is 1.97. The summed E-state index contributed by atoms with van der Waals surface area (Å²) in [6, 6.07) is 11.1. The SMILES string of the molecule is CSc1nc(N)cc(N(C)c2ccc(C#N)cc2)n1. The monoisotopic (exact) mass is 271 g/mol. The van der Waals surface area contributed by atoms with Gasteiger partial charge in [-0.3, -0.25) is 0 Å². The van der Waals surface area contributed by atoms with Crippen LogP contribution in [0.4, 0.5) is 17.3 Å². The van der Waals surface area contributed by atoms with Gasteiger partial charge in [0.25, 0.3) is 0 Å². The molecule has 19 heavy (non-hydrogen) atoms. The van der Waals surface area contributed by atoms with Crippen LogP contribution in [0.15, 0.2) is 35.5 Å². The average Bonchev–Trinajstić information content (AvgIpc) is 2.46. The number of nitrogens with two attached hydrogens (primary N) is 1. The van der Waals surface area contributed by atoms with Crippen molar-refractivity contribution in [2.75, 3.05) is 23.9 Å². The number of nitrogens with zero attached hydrogens (tertiary/aromatic N) is 4. The number of anilines is 3. The molecule has 0 atom stereocenters. The molecule has 0 aliphatic heterocycles. The van der Waals surface area contributed by atoms with Gasteiger partial charge in [-0.15, -0.1) is 0 Å². The molecule has 1 heterocycles. The van der Waals surface area contributed by atoms with Crippen molar-refractivity contribution in [1.82, 2.24) is 9.97 Å². The van der Waals surface area contributed by atoms with Gasteiger partial charge in [-0.25, -0.2) is 9.97 Å². The normalized spacial score (nSPS) is 9.95. The predicted octanol–water partition coefficient (Wildman–Crippen LogP) is 2.42. The maximum atomic E-state index is 8.79. The second-order valence-electron chi connectivity index (χ2n) is 3.86. The number of benzene rings is 1. The summed E-state index contributed by atoms with van der Waals surface area (Å²) in [4.78, 5) is 10.4. The molecule has 0 aliphatic rings. The van der Waals surface area contributed by atoms with Crippen molar-refractivity contribution >= 4 is 29.1 Å². The smallest absolute Gasteiger partial charge is 0.191 e.